The van der Waals surface area contributed by atoms with E-state index in [0.29, 0.717) is 12.5 Å². The van der Waals surface area contributed by atoms with Crippen LogP contribution in [0.2, 0.25) is 0 Å². The smallest absolute Gasteiger partial charge is 0.123 e. The van der Waals surface area contributed by atoms with Gasteiger partial charge in [-0.1, -0.05) is 18.2 Å². The molecule has 0 amide bonds. The summed E-state index contributed by atoms with van der Waals surface area (Å²) < 4.78 is 10.9. The van der Waals surface area contributed by atoms with Gasteiger partial charge in [-0.05, 0) is 11.6 Å². The van der Waals surface area contributed by atoms with Crippen molar-refractivity contribution in [2.45, 2.75) is 18.6 Å². The first-order valence-corrected chi connectivity index (χ1v) is 6.39. The summed E-state index contributed by atoms with van der Waals surface area (Å²) in [5, 5.41) is 3.37. The lowest BCUT2D eigenvalue weighted by molar-refractivity contribution is 0.161. The number of methoxy groups -OCH3 is 1. The fraction of sp³-hybridized carbons (Fsp3) is 0.538. The zero-order valence-corrected chi connectivity index (χ0v) is 10.7. The molecule has 1 aromatic carbocycles. The molecule has 1 aliphatic heterocycles. The molecule has 2 rings (SSSR count). The minimum absolute atomic E-state index is 0.189. The van der Waals surface area contributed by atoms with Gasteiger partial charge in [-0.25, -0.2) is 0 Å². The summed E-state index contributed by atoms with van der Waals surface area (Å²) in [4.78, 5) is 0. The topological polar surface area (TPSA) is 30.5 Å². The molecule has 0 saturated heterocycles. The van der Waals surface area contributed by atoms with Crippen molar-refractivity contribution >= 4 is 11.6 Å². The number of rotatable bonds is 6. The Labute approximate surface area is 107 Å². The van der Waals surface area contributed by atoms with Crippen LogP contribution < -0.4 is 10.1 Å². The Morgan fingerprint density at radius 1 is 1.53 bits per heavy atom. The van der Waals surface area contributed by atoms with Gasteiger partial charge in [0.2, 0.25) is 0 Å². The van der Waals surface area contributed by atoms with Crippen LogP contribution >= 0.6 is 11.6 Å². The van der Waals surface area contributed by atoms with Gasteiger partial charge in [0.15, 0.2) is 0 Å². The van der Waals surface area contributed by atoms with Gasteiger partial charge in [-0.3, -0.25) is 0 Å². The predicted molar refractivity (Wildman–Crippen MR) is 68.9 cm³/mol. The number of hydrogen-bond donors (Lipinski definition) is 1. The van der Waals surface area contributed by atoms with Crippen molar-refractivity contribution in [3.05, 3.63) is 29.8 Å². The van der Waals surface area contributed by atoms with Gasteiger partial charge in [0.05, 0.1) is 6.61 Å². The molecule has 94 valence electrons. The van der Waals surface area contributed by atoms with Crippen molar-refractivity contribution < 1.29 is 9.47 Å². The quantitative estimate of drug-likeness (QED) is 0.787. The molecule has 17 heavy (non-hydrogen) atoms. The third kappa shape index (κ3) is 3.35. The van der Waals surface area contributed by atoms with Gasteiger partial charge in [-0.15, -0.1) is 11.6 Å². The highest BCUT2D eigenvalue weighted by Gasteiger charge is 2.22. The average Bonchev–Trinajstić information content (AvgIpc) is 2.77. The van der Waals surface area contributed by atoms with Crippen LogP contribution in [-0.4, -0.2) is 38.3 Å². The zero-order chi connectivity index (χ0) is 12.1. The van der Waals surface area contributed by atoms with Crippen molar-refractivity contribution in [1.29, 1.82) is 0 Å². The molecule has 1 N–H and O–H groups in total. The Hall–Kier alpha value is -0.770. The minimum atomic E-state index is 0.189. The Morgan fingerprint density at radius 3 is 3.06 bits per heavy atom. The summed E-state index contributed by atoms with van der Waals surface area (Å²) in [6.45, 7) is 1.43. The van der Waals surface area contributed by atoms with Crippen molar-refractivity contribution in [3.63, 3.8) is 0 Å². The van der Waals surface area contributed by atoms with Crippen molar-refractivity contribution in [3.8, 4) is 5.75 Å². The lowest BCUT2D eigenvalue weighted by atomic mass is 10.1. The van der Waals surface area contributed by atoms with E-state index in [-0.39, 0.29) is 12.1 Å². The van der Waals surface area contributed by atoms with Gasteiger partial charge >= 0.3 is 0 Å². The number of nitrogens with one attached hydrogen (secondary N) is 1. The Balaban J connectivity index is 1.79. The molecule has 1 aliphatic rings. The first-order valence-electron chi connectivity index (χ1n) is 5.86. The number of para-hydroxylation sites is 1. The van der Waals surface area contributed by atoms with Gasteiger partial charge in [0.1, 0.15) is 11.9 Å². The largest absolute Gasteiger partial charge is 0.488 e. The molecule has 0 saturated carbocycles. The molecule has 4 heteroatoms. The van der Waals surface area contributed by atoms with Crippen LogP contribution in [0.5, 0.6) is 5.75 Å². The molecule has 0 aliphatic carbocycles. The van der Waals surface area contributed by atoms with Crippen LogP contribution in [0.3, 0.4) is 0 Å². The fourth-order valence-corrected chi connectivity index (χ4v) is 2.22. The number of fused-ring (bicyclic) bond motifs is 1. The van der Waals surface area contributed by atoms with Crippen LogP contribution in [0.15, 0.2) is 24.3 Å². The van der Waals surface area contributed by atoms with E-state index >= 15 is 0 Å². The summed E-state index contributed by atoms with van der Waals surface area (Å²) in [5.41, 5.74) is 1.29. The summed E-state index contributed by atoms with van der Waals surface area (Å²) in [5.74, 6) is 1.56. The molecule has 1 heterocycles. The van der Waals surface area contributed by atoms with Crippen LogP contribution in [0, 0.1) is 0 Å². The highest BCUT2D eigenvalue weighted by Crippen LogP contribution is 2.27. The maximum absolute atomic E-state index is 5.84. The lowest BCUT2D eigenvalue weighted by Crippen LogP contribution is -2.41. The van der Waals surface area contributed by atoms with E-state index in [0.717, 1.165) is 18.7 Å². The van der Waals surface area contributed by atoms with E-state index in [9.17, 15) is 0 Å². The lowest BCUT2D eigenvalue weighted by Gasteiger charge is -2.18. The van der Waals surface area contributed by atoms with E-state index in [4.69, 9.17) is 21.1 Å². The second kappa shape index (κ2) is 6.24. The standard InChI is InChI=1S/C13H18ClNO2/c1-16-9-11(7-14)15-8-12-6-10-4-2-3-5-13(10)17-12/h2-5,11-12,15H,6-9H2,1H3. The molecule has 2 unspecified atom stereocenters. The van der Waals surface area contributed by atoms with E-state index in [1.807, 2.05) is 18.2 Å². The third-order valence-electron chi connectivity index (χ3n) is 2.90. The molecule has 0 spiro atoms. The summed E-state index contributed by atoms with van der Waals surface area (Å²) in [6, 6.07) is 8.37. The summed E-state index contributed by atoms with van der Waals surface area (Å²) in [7, 11) is 1.68. The minimum Gasteiger partial charge on any atom is -0.488 e. The van der Waals surface area contributed by atoms with E-state index in [1.165, 1.54) is 5.56 Å². The molecular weight excluding hydrogens is 238 g/mol. The molecule has 0 fully saturated rings. The Morgan fingerprint density at radius 2 is 2.35 bits per heavy atom. The highest BCUT2D eigenvalue weighted by atomic mass is 35.5. The summed E-state index contributed by atoms with van der Waals surface area (Å²) >= 11 is 5.84. The van der Waals surface area contributed by atoms with E-state index in [2.05, 4.69) is 11.4 Å². The Bertz CT molecular complexity index is 334. The number of alkyl halides is 1. The molecule has 0 aromatic heterocycles. The molecule has 0 bridgehead atoms. The van der Waals surface area contributed by atoms with Crippen LogP contribution in [0.25, 0.3) is 0 Å². The third-order valence-corrected chi connectivity index (χ3v) is 3.27. The Kier molecular flexibility index (Phi) is 4.66. The number of hydrogen-bond acceptors (Lipinski definition) is 3. The van der Waals surface area contributed by atoms with E-state index < -0.39 is 0 Å². The number of halogens is 1. The number of ether oxygens (including phenoxy) is 2. The van der Waals surface area contributed by atoms with Gasteiger partial charge in [0.25, 0.3) is 0 Å². The van der Waals surface area contributed by atoms with Crippen molar-refractivity contribution in [2.24, 2.45) is 0 Å². The van der Waals surface area contributed by atoms with Crippen LogP contribution in [0.4, 0.5) is 0 Å². The van der Waals surface area contributed by atoms with Gasteiger partial charge in [-0.2, -0.15) is 0 Å². The van der Waals surface area contributed by atoms with Gasteiger partial charge < -0.3 is 14.8 Å². The first kappa shape index (κ1) is 12.7. The number of benzene rings is 1. The monoisotopic (exact) mass is 255 g/mol. The molecule has 3 nitrogen and oxygen atoms in total. The second-order valence-electron chi connectivity index (χ2n) is 4.27. The maximum Gasteiger partial charge on any atom is 0.123 e. The maximum atomic E-state index is 5.84. The molecule has 0 radical (unpaired) electrons. The van der Waals surface area contributed by atoms with Crippen molar-refractivity contribution in [2.75, 3.05) is 26.1 Å². The SMILES string of the molecule is COCC(CCl)NCC1Cc2ccccc2O1. The van der Waals surface area contributed by atoms with Gasteiger partial charge in [0, 0.05) is 32.0 Å². The first-order chi connectivity index (χ1) is 8.33. The van der Waals surface area contributed by atoms with E-state index in [1.54, 1.807) is 7.11 Å². The normalized spacial score (nSPS) is 19.8. The average molecular weight is 256 g/mol. The predicted octanol–water partition coefficient (Wildman–Crippen LogP) is 1.83. The highest BCUT2D eigenvalue weighted by molar-refractivity contribution is 6.18. The second-order valence-corrected chi connectivity index (χ2v) is 4.58. The zero-order valence-electron chi connectivity index (χ0n) is 9.99. The fourth-order valence-electron chi connectivity index (χ4n) is 2.03. The molecular formula is C13H18ClNO2. The molecule has 2 atom stereocenters. The van der Waals surface area contributed by atoms with Crippen LogP contribution in [-0.2, 0) is 11.2 Å². The molecule has 1 aromatic rings. The summed E-state index contributed by atoms with van der Waals surface area (Å²) in [6.07, 6.45) is 1.17. The van der Waals surface area contributed by atoms with Crippen molar-refractivity contribution in [1.82, 2.24) is 5.32 Å². The van der Waals surface area contributed by atoms with Crippen LogP contribution in [0.1, 0.15) is 5.56 Å².